The van der Waals surface area contributed by atoms with Crippen LogP contribution in [0.3, 0.4) is 0 Å². The number of carbonyl (C=O) groups is 14. The molecule has 0 aliphatic carbocycles. The number of hydrogen-bond donors (Lipinski definition) is 0. The van der Waals surface area contributed by atoms with Gasteiger partial charge in [0.1, 0.15) is 23.1 Å². The molecule has 6 unspecified atom stereocenters. The number of rotatable bonds is 29. The van der Waals surface area contributed by atoms with Crippen molar-refractivity contribution in [1.82, 2.24) is 0 Å². The van der Waals surface area contributed by atoms with Crippen LogP contribution in [0.2, 0.25) is 20.1 Å². The second-order valence-corrected chi connectivity index (χ2v) is 27.6. The Labute approximate surface area is 620 Å². The Balaban J connectivity index is -0.000000345. The largest absolute Gasteiger partial charge is 0.451 e. The van der Waals surface area contributed by atoms with Gasteiger partial charge in [-0.2, -0.15) is 22.0 Å². The van der Waals surface area contributed by atoms with E-state index in [-0.39, 0.29) is 102 Å². The molecule has 0 aliphatic heterocycles. The normalized spacial score (nSPS) is 14.8. The predicted octanol–water partition coefficient (Wildman–Crippen LogP) is 19.6. The van der Waals surface area contributed by atoms with Crippen molar-refractivity contribution in [3.8, 4) is 0 Å². The third-order valence-corrected chi connectivity index (χ3v) is 20.3. The number of ketones is 13. The summed E-state index contributed by atoms with van der Waals surface area (Å²) in [7, 11) is 0. The Bertz CT molecular complexity index is 3110. The van der Waals surface area contributed by atoms with Gasteiger partial charge in [-0.15, -0.1) is 34.8 Å². The minimum Gasteiger partial charge on any atom is -0.299 e. The summed E-state index contributed by atoms with van der Waals surface area (Å²) in [6.07, 6.45) is -6.64. The van der Waals surface area contributed by atoms with Crippen LogP contribution in [0.25, 0.3) is 0 Å². The highest BCUT2D eigenvalue weighted by Gasteiger charge is 2.54. The number of carbonyl (C=O) groups excluding carboxylic acids is 14. The van der Waals surface area contributed by atoms with Gasteiger partial charge in [-0.3, -0.25) is 67.1 Å². The molecule has 0 N–H and O–H groups in total. The monoisotopic (exact) mass is 1650 g/mol. The fraction of sp³-hybridized carbons (Fsp3) is 0.600. The molecular formula is C65H82BrCl10F7O14. The lowest BCUT2D eigenvalue weighted by Crippen LogP contribution is -2.44. The van der Waals surface area contributed by atoms with E-state index in [9.17, 15) is 97.9 Å². The molecule has 552 valence electrons. The Morgan fingerprint density at radius 1 is 0.412 bits per heavy atom. The maximum absolute atomic E-state index is 12.6. The SMILES string of the molecule is CCC(C)(C(=O)CCl)C(=O)CCl.CCC(C)(C(=O)c1ccc(Cl)cc1Cl)C(=O)C(F)(F)F.CCC(C)(C(=O)c1ccc(Cl)cc1Cl)C(=O)C(F)F.CCC(C)(C(C)=O)C(=O)Br.CCC(C)(C(C)=O)C(=O)C(Cl)Cl.CCC(C)(C(C)=O)C(=O)C(F)(F)Cl.CCC(C)(C(C)=O)C(=O)CCl. The molecule has 2 aromatic carbocycles. The van der Waals surface area contributed by atoms with Crippen molar-refractivity contribution in [2.45, 2.75) is 192 Å². The first-order chi connectivity index (χ1) is 43.7. The molecule has 0 spiro atoms. The van der Waals surface area contributed by atoms with E-state index < -0.39 is 101 Å². The van der Waals surface area contributed by atoms with E-state index in [1.54, 1.807) is 41.5 Å². The zero-order valence-electron chi connectivity index (χ0n) is 56.7. The van der Waals surface area contributed by atoms with E-state index >= 15 is 0 Å². The average molecular weight is 1650 g/mol. The standard InChI is InChI=1S/C13H11Cl2F3O2.C13H12Cl2F2O2.2C8H12Cl2O2.C8H11ClF2O2.C8H13ClO2.C7H11BrO2/c1-3-12(2,11(20)13(16,17)18)10(19)8-5-4-7(14)6-9(8)15;1-3-13(2,11(19)12(16)17)10(18)8-5-4-7(14)6-9(8)15;1-4-8(3,5(2)11)6(12)7(9)10;1-3-8(2,6(11)4-9)7(12)5-10;1-4-7(3,5(2)12)6(13)8(9,10)11;1-4-8(3,6(2)10)7(11)5-9;1-4-7(3,5(2)9)6(8)10/h4-6H,3H2,1-2H3;4-6,12H,3H2,1-2H3;7H,4H2,1-3H3;3-5H2,1-2H3;4H2,1-3H3;4-5H2,1-3H3;4H2,1-3H3. The summed E-state index contributed by atoms with van der Waals surface area (Å²) in [5, 5.41) is -3.44. The summed E-state index contributed by atoms with van der Waals surface area (Å²) < 4.78 is 87.7. The topological polar surface area (TPSA) is 239 Å². The lowest BCUT2D eigenvalue weighted by Gasteiger charge is -2.26. The van der Waals surface area contributed by atoms with Gasteiger partial charge in [0.05, 0.1) is 65.6 Å². The minimum atomic E-state index is -5.08. The van der Waals surface area contributed by atoms with Crippen LogP contribution in [-0.4, -0.2) is 120 Å². The van der Waals surface area contributed by atoms with Crippen molar-refractivity contribution in [2.24, 2.45) is 37.9 Å². The smallest absolute Gasteiger partial charge is 0.299 e. The van der Waals surface area contributed by atoms with Gasteiger partial charge < -0.3 is 0 Å². The minimum absolute atomic E-state index is 0.0173. The van der Waals surface area contributed by atoms with Crippen molar-refractivity contribution in [2.75, 3.05) is 17.6 Å². The van der Waals surface area contributed by atoms with Crippen LogP contribution in [-0.2, 0) is 57.5 Å². The molecule has 0 saturated carbocycles. The summed E-state index contributed by atoms with van der Waals surface area (Å²) in [6.45, 7) is 26.6. The third-order valence-electron chi connectivity index (χ3n) is 17.1. The Kier molecular flexibility index (Phi) is 46.7. The van der Waals surface area contributed by atoms with Gasteiger partial charge in [-0.05, 0) is 185 Å². The molecule has 97 heavy (non-hydrogen) atoms. The fourth-order valence-corrected chi connectivity index (χ4v) is 10.4. The van der Waals surface area contributed by atoms with Gasteiger partial charge in [0.15, 0.2) is 39.5 Å². The molecule has 6 atom stereocenters. The zero-order valence-corrected chi connectivity index (χ0v) is 65.9. The second kappa shape index (κ2) is 44.3. The molecule has 0 saturated heterocycles. The van der Waals surface area contributed by atoms with E-state index in [0.717, 1.165) is 13.8 Å². The Morgan fingerprint density at radius 2 is 0.691 bits per heavy atom. The van der Waals surface area contributed by atoms with Gasteiger partial charge in [0.2, 0.25) is 22.0 Å². The molecule has 0 fully saturated rings. The fourth-order valence-electron chi connectivity index (χ4n) is 7.25. The highest BCUT2D eigenvalue weighted by molar-refractivity contribution is 9.18. The van der Waals surface area contributed by atoms with Crippen molar-refractivity contribution >= 4 is 212 Å². The van der Waals surface area contributed by atoms with Crippen molar-refractivity contribution in [3.63, 3.8) is 0 Å². The van der Waals surface area contributed by atoms with Crippen LogP contribution >= 0.6 is 132 Å². The average Bonchev–Trinajstić information content (AvgIpc) is 0.790. The van der Waals surface area contributed by atoms with Crippen molar-refractivity contribution in [3.05, 3.63) is 67.6 Å². The lowest BCUT2D eigenvalue weighted by atomic mass is 9.76. The lowest BCUT2D eigenvalue weighted by molar-refractivity contribution is -0.178. The van der Waals surface area contributed by atoms with E-state index in [0.29, 0.717) is 30.7 Å². The maximum Gasteiger partial charge on any atom is 0.451 e. The van der Waals surface area contributed by atoms with E-state index in [1.807, 2.05) is 13.8 Å². The molecule has 2 rings (SSSR count). The highest BCUT2D eigenvalue weighted by Crippen LogP contribution is 2.39. The molecule has 0 amide bonds. The molecule has 0 heterocycles. The number of Topliss-reactive ketones (excluding diaryl/α,β-unsaturated/α-hetero) is 13. The summed E-state index contributed by atoms with van der Waals surface area (Å²) >= 11 is 57.3. The number of halogens is 18. The second-order valence-electron chi connectivity index (χ2n) is 22.9. The van der Waals surface area contributed by atoms with Gasteiger partial charge in [-0.25, -0.2) is 8.78 Å². The molecule has 0 aliphatic rings. The first-order valence-electron chi connectivity index (χ1n) is 29.1. The highest BCUT2D eigenvalue weighted by atomic mass is 79.9. The summed E-state index contributed by atoms with van der Waals surface area (Å²) in [6, 6.07) is 7.87. The molecule has 0 radical (unpaired) electrons. The number of benzene rings is 2. The third kappa shape index (κ3) is 29.2. The number of hydrogen-bond acceptors (Lipinski definition) is 14. The van der Waals surface area contributed by atoms with E-state index in [2.05, 4.69) is 27.5 Å². The first-order valence-corrected chi connectivity index (χ1v) is 34.3. The Hall–Kier alpha value is -3.29. The Morgan fingerprint density at radius 3 is 0.856 bits per heavy atom. The molecule has 0 aromatic heterocycles. The number of alkyl halides is 13. The summed E-state index contributed by atoms with van der Waals surface area (Å²) in [4.78, 5) is 157. The summed E-state index contributed by atoms with van der Waals surface area (Å²) in [5.41, 5.74) is -9.48. The zero-order chi connectivity index (χ0) is 78.5. The van der Waals surface area contributed by atoms with Crippen LogP contribution in [0.5, 0.6) is 0 Å². The molecule has 32 heteroatoms. The molecule has 0 bridgehead atoms. The van der Waals surface area contributed by atoms with Gasteiger partial charge >= 0.3 is 11.6 Å². The van der Waals surface area contributed by atoms with Crippen molar-refractivity contribution in [1.29, 1.82) is 0 Å². The van der Waals surface area contributed by atoms with Crippen LogP contribution in [0.4, 0.5) is 30.7 Å². The van der Waals surface area contributed by atoms with Crippen molar-refractivity contribution < 1.29 is 97.9 Å². The van der Waals surface area contributed by atoms with E-state index in [4.69, 9.17) is 104 Å². The van der Waals surface area contributed by atoms with Gasteiger partial charge in [0, 0.05) is 21.2 Å². The summed E-state index contributed by atoms with van der Waals surface area (Å²) in [5.74, 6) is -9.13. The molecular weight excluding hydrogens is 1570 g/mol. The van der Waals surface area contributed by atoms with E-state index in [1.165, 1.54) is 91.8 Å². The van der Waals surface area contributed by atoms with Crippen LogP contribution < -0.4 is 0 Å². The van der Waals surface area contributed by atoms with Gasteiger partial charge in [0.25, 0.3) is 6.43 Å². The first kappa shape index (κ1) is 102. The van der Waals surface area contributed by atoms with Crippen LogP contribution in [0.1, 0.15) is 190 Å². The predicted molar refractivity (Wildman–Crippen MR) is 373 cm³/mol. The quantitative estimate of drug-likeness (QED) is 0.0242. The molecule has 2 aromatic rings. The van der Waals surface area contributed by atoms with Gasteiger partial charge in [-0.1, -0.05) is 118 Å². The van der Waals surface area contributed by atoms with Crippen LogP contribution in [0, 0.1) is 37.9 Å². The maximum atomic E-state index is 12.6. The van der Waals surface area contributed by atoms with Crippen LogP contribution in [0.15, 0.2) is 36.4 Å². The molecule has 14 nitrogen and oxygen atoms in total.